The second kappa shape index (κ2) is 7.06. The van der Waals surface area contributed by atoms with E-state index in [0.717, 1.165) is 36.6 Å². The first-order chi connectivity index (χ1) is 12.9. The van der Waals surface area contributed by atoms with Crippen LogP contribution in [0.15, 0.2) is 47.3 Å². The van der Waals surface area contributed by atoms with Gasteiger partial charge in [0.05, 0.1) is 11.3 Å². The van der Waals surface area contributed by atoms with Crippen LogP contribution in [0.1, 0.15) is 42.7 Å². The summed E-state index contributed by atoms with van der Waals surface area (Å²) in [4.78, 5) is 25.3. The number of H-pyrrole nitrogens is 1. The Hall–Kier alpha value is -2.24. The molecule has 3 heterocycles. The van der Waals surface area contributed by atoms with Crippen molar-refractivity contribution in [3.8, 4) is 10.4 Å². The first kappa shape index (κ1) is 18.1. The first-order valence-corrected chi connectivity index (χ1v) is 10.2. The molecule has 0 bridgehead atoms. The quantitative estimate of drug-likeness (QED) is 0.736. The number of hydrogen-bond donors (Lipinski definition) is 1. The number of hydrogen-bond acceptors (Lipinski definition) is 4. The van der Waals surface area contributed by atoms with E-state index >= 15 is 0 Å². The summed E-state index contributed by atoms with van der Waals surface area (Å²) in [6.45, 7) is 8.71. The molecule has 0 saturated carbocycles. The van der Waals surface area contributed by atoms with Gasteiger partial charge in [-0.25, -0.2) is 4.98 Å². The molecule has 2 aromatic heterocycles. The predicted octanol–water partition coefficient (Wildman–Crippen LogP) is 4.35. The Kier molecular flexibility index (Phi) is 4.74. The monoisotopic (exact) mass is 379 g/mol. The van der Waals surface area contributed by atoms with Crippen LogP contribution in [-0.4, -0.2) is 21.4 Å². The summed E-state index contributed by atoms with van der Waals surface area (Å²) in [5.74, 6) is 0.783. The molecule has 0 unspecified atom stereocenters. The highest BCUT2D eigenvalue weighted by Gasteiger charge is 2.25. The van der Waals surface area contributed by atoms with Gasteiger partial charge in [0, 0.05) is 41.2 Å². The molecule has 0 atom stereocenters. The van der Waals surface area contributed by atoms with E-state index < -0.39 is 0 Å². The van der Waals surface area contributed by atoms with Gasteiger partial charge in [0.25, 0.3) is 5.56 Å². The van der Waals surface area contributed by atoms with Crippen LogP contribution in [0.4, 0.5) is 0 Å². The average molecular weight is 380 g/mol. The van der Waals surface area contributed by atoms with E-state index in [-0.39, 0.29) is 11.0 Å². The molecule has 1 aliphatic heterocycles. The Morgan fingerprint density at radius 1 is 1.15 bits per heavy atom. The van der Waals surface area contributed by atoms with Crippen molar-refractivity contribution in [3.63, 3.8) is 0 Å². The van der Waals surface area contributed by atoms with E-state index in [1.54, 1.807) is 0 Å². The Balaban J connectivity index is 1.51. The zero-order valence-electron chi connectivity index (χ0n) is 16.1. The van der Waals surface area contributed by atoms with Gasteiger partial charge in [0.2, 0.25) is 0 Å². The van der Waals surface area contributed by atoms with Gasteiger partial charge >= 0.3 is 0 Å². The lowest BCUT2D eigenvalue weighted by Crippen LogP contribution is -2.36. The van der Waals surface area contributed by atoms with Crippen LogP contribution in [0.2, 0.25) is 0 Å². The molecular weight excluding hydrogens is 354 g/mol. The van der Waals surface area contributed by atoms with E-state index in [0.29, 0.717) is 6.54 Å². The zero-order valence-corrected chi connectivity index (χ0v) is 16.9. The highest BCUT2D eigenvalue weighted by atomic mass is 32.1. The van der Waals surface area contributed by atoms with Crippen LogP contribution in [0.25, 0.3) is 10.4 Å². The Morgan fingerprint density at radius 2 is 1.93 bits per heavy atom. The highest BCUT2D eigenvalue weighted by molar-refractivity contribution is 7.15. The van der Waals surface area contributed by atoms with Crippen molar-refractivity contribution in [3.05, 3.63) is 74.8 Å². The fraction of sp³-hybridized carbons (Fsp3) is 0.364. The number of benzene rings is 1. The fourth-order valence-corrected chi connectivity index (χ4v) is 4.47. The molecular formula is C22H25N3OS. The number of fused-ring (bicyclic) bond motifs is 1. The van der Waals surface area contributed by atoms with Crippen LogP contribution in [0, 0.1) is 0 Å². The van der Waals surface area contributed by atoms with Crippen molar-refractivity contribution < 1.29 is 0 Å². The first-order valence-electron chi connectivity index (χ1n) is 9.39. The van der Waals surface area contributed by atoms with Crippen molar-refractivity contribution in [2.24, 2.45) is 0 Å². The number of nitrogens with zero attached hydrogens (tertiary/aromatic N) is 2. The third-order valence-corrected chi connectivity index (χ3v) is 6.08. The lowest BCUT2D eigenvalue weighted by Gasteiger charge is -2.28. The standard InChI is InChI=1S/C22H25N3OS/c1-22(2,3)21-23-18-11-12-25(14-17(18)20(26)24-21)13-16-9-10-19(27-16)15-7-5-4-6-8-15/h4-10H,11-14H2,1-3H3,(H,23,24,26). The minimum Gasteiger partial charge on any atom is -0.310 e. The van der Waals surface area contributed by atoms with Gasteiger partial charge in [-0.2, -0.15) is 0 Å². The van der Waals surface area contributed by atoms with Crippen molar-refractivity contribution in [2.75, 3.05) is 6.54 Å². The summed E-state index contributed by atoms with van der Waals surface area (Å²) in [5, 5.41) is 0. The second-order valence-corrected chi connectivity index (χ2v) is 9.35. The third-order valence-electron chi connectivity index (χ3n) is 4.96. The van der Waals surface area contributed by atoms with Gasteiger partial charge in [-0.3, -0.25) is 9.69 Å². The molecule has 0 radical (unpaired) electrons. The normalized spacial score (nSPS) is 14.9. The molecule has 140 valence electrons. The van der Waals surface area contributed by atoms with E-state index in [1.807, 2.05) is 17.4 Å². The van der Waals surface area contributed by atoms with Gasteiger partial charge in [-0.1, -0.05) is 51.1 Å². The summed E-state index contributed by atoms with van der Waals surface area (Å²) in [5.41, 5.74) is 2.93. The van der Waals surface area contributed by atoms with Gasteiger partial charge < -0.3 is 4.98 Å². The minimum atomic E-state index is -0.143. The summed E-state index contributed by atoms with van der Waals surface area (Å²) >= 11 is 1.83. The molecule has 0 amide bonds. The Bertz CT molecular complexity index is 998. The lowest BCUT2D eigenvalue weighted by atomic mass is 9.95. The summed E-state index contributed by atoms with van der Waals surface area (Å²) in [6.07, 6.45) is 0.833. The van der Waals surface area contributed by atoms with Crippen molar-refractivity contribution in [2.45, 2.75) is 45.7 Å². The van der Waals surface area contributed by atoms with Gasteiger partial charge in [0.1, 0.15) is 5.82 Å². The molecule has 4 nitrogen and oxygen atoms in total. The summed E-state index contributed by atoms with van der Waals surface area (Å²) in [6, 6.07) is 14.9. The molecule has 1 N–H and O–H groups in total. The predicted molar refractivity (Wildman–Crippen MR) is 111 cm³/mol. The summed E-state index contributed by atoms with van der Waals surface area (Å²) in [7, 11) is 0. The number of nitrogens with one attached hydrogen (secondary N) is 1. The minimum absolute atomic E-state index is 0.0192. The molecule has 27 heavy (non-hydrogen) atoms. The molecule has 0 spiro atoms. The molecule has 1 aliphatic rings. The highest BCUT2D eigenvalue weighted by Crippen LogP contribution is 2.29. The largest absolute Gasteiger partial charge is 0.310 e. The van der Waals surface area contributed by atoms with Crippen LogP contribution < -0.4 is 5.56 Å². The molecule has 5 heteroatoms. The molecule has 0 fully saturated rings. The van der Waals surface area contributed by atoms with Gasteiger partial charge in [-0.05, 0) is 17.7 Å². The smallest absolute Gasteiger partial charge is 0.255 e. The van der Waals surface area contributed by atoms with Crippen LogP contribution in [-0.2, 0) is 24.9 Å². The SMILES string of the molecule is CC(C)(C)c1nc2c(c(=O)[nH]1)CN(Cc1ccc(-c3ccccc3)s1)CC2. The van der Waals surface area contributed by atoms with E-state index in [4.69, 9.17) is 4.98 Å². The van der Waals surface area contributed by atoms with E-state index in [9.17, 15) is 4.79 Å². The summed E-state index contributed by atoms with van der Waals surface area (Å²) < 4.78 is 0. The Labute approximate surface area is 163 Å². The van der Waals surface area contributed by atoms with E-state index in [2.05, 4.69) is 67.1 Å². The molecule has 0 saturated heterocycles. The van der Waals surface area contributed by atoms with Gasteiger partial charge in [0.15, 0.2) is 0 Å². The number of rotatable bonds is 3. The maximum absolute atomic E-state index is 12.6. The van der Waals surface area contributed by atoms with Crippen molar-refractivity contribution in [1.29, 1.82) is 0 Å². The molecule has 4 rings (SSSR count). The van der Waals surface area contributed by atoms with Crippen LogP contribution in [0.5, 0.6) is 0 Å². The number of aromatic amines is 1. The van der Waals surface area contributed by atoms with E-state index in [1.165, 1.54) is 15.3 Å². The fourth-order valence-electron chi connectivity index (χ4n) is 3.41. The number of thiophene rings is 1. The topological polar surface area (TPSA) is 49.0 Å². The van der Waals surface area contributed by atoms with Crippen molar-refractivity contribution in [1.82, 2.24) is 14.9 Å². The lowest BCUT2D eigenvalue weighted by molar-refractivity contribution is 0.243. The molecule has 1 aromatic carbocycles. The molecule has 0 aliphatic carbocycles. The Morgan fingerprint density at radius 3 is 2.67 bits per heavy atom. The van der Waals surface area contributed by atoms with Gasteiger partial charge in [-0.15, -0.1) is 11.3 Å². The zero-order chi connectivity index (χ0) is 19.0. The molecule has 3 aromatic rings. The average Bonchev–Trinajstić information content (AvgIpc) is 3.10. The second-order valence-electron chi connectivity index (χ2n) is 8.18. The number of aromatic nitrogens is 2. The maximum atomic E-state index is 12.6. The van der Waals surface area contributed by atoms with Crippen molar-refractivity contribution >= 4 is 11.3 Å². The van der Waals surface area contributed by atoms with Crippen LogP contribution >= 0.6 is 11.3 Å². The third kappa shape index (κ3) is 3.89. The van der Waals surface area contributed by atoms with Crippen LogP contribution in [0.3, 0.4) is 0 Å². The maximum Gasteiger partial charge on any atom is 0.255 e.